The summed E-state index contributed by atoms with van der Waals surface area (Å²) in [4.78, 5) is 13.3. The molecule has 3 rings (SSSR count). The molecular formula is C61H105NO18. The quantitative estimate of drug-likeness (QED) is 0.0268. The number of aliphatic hydroxyl groups is 11. The van der Waals surface area contributed by atoms with Gasteiger partial charge in [0.05, 0.1) is 38.6 Å². The zero-order valence-corrected chi connectivity index (χ0v) is 48.0. The molecule has 80 heavy (non-hydrogen) atoms. The van der Waals surface area contributed by atoms with Crippen LogP contribution in [0.2, 0.25) is 0 Å². The van der Waals surface area contributed by atoms with Crippen LogP contribution in [0.5, 0.6) is 0 Å². The van der Waals surface area contributed by atoms with E-state index in [-0.39, 0.29) is 18.9 Å². The highest BCUT2D eigenvalue weighted by Crippen LogP contribution is 2.33. The Bertz CT molecular complexity index is 1740. The van der Waals surface area contributed by atoms with Crippen molar-refractivity contribution in [3.8, 4) is 0 Å². The van der Waals surface area contributed by atoms with Crippen LogP contribution in [0.25, 0.3) is 0 Å². The maximum Gasteiger partial charge on any atom is 0.220 e. The average Bonchev–Trinajstić information content (AvgIpc) is 3.50. The highest BCUT2D eigenvalue weighted by molar-refractivity contribution is 5.76. The summed E-state index contributed by atoms with van der Waals surface area (Å²) in [5.41, 5.74) is 0. The molecule has 19 heteroatoms. The molecule has 0 bridgehead atoms. The summed E-state index contributed by atoms with van der Waals surface area (Å²) < 4.78 is 34.2. The number of nitrogens with one attached hydrogen (secondary N) is 1. The molecule has 0 aliphatic carbocycles. The van der Waals surface area contributed by atoms with E-state index in [4.69, 9.17) is 28.4 Å². The Kier molecular flexibility index (Phi) is 39.2. The molecule has 0 aromatic carbocycles. The van der Waals surface area contributed by atoms with E-state index in [1.807, 2.05) is 6.08 Å². The lowest BCUT2D eigenvalue weighted by Crippen LogP contribution is -2.66. The lowest BCUT2D eigenvalue weighted by atomic mass is 9.96. The Balaban J connectivity index is 1.52. The molecule has 12 N–H and O–H groups in total. The first-order valence-corrected chi connectivity index (χ1v) is 30.2. The van der Waals surface area contributed by atoms with Crippen molar-refractivity contribution >= 4 is 5.91 Å². The molecule has 0 radical (unpaired) electrons. The van der Waals surface area contributed by atoms with Crippen LogP contribution in [0, 0.1) is 0 Å². The second kappa shape index (κ2) is 43.8. The smallest absolute Gasteiger partial charge is 0.220 e. The molecule has 3 fully saturated rings. The number of aliphatic hydroxyl groups excluding tert-OH is 11. The third kappa shape index (κ3) is 27.3. The highest BCUT2D eigenvalue weighted by atomic mass is 16.8. The van der Waals surface area contributed by atoms with E-state index in [0.717, 1.165) is 83.5 Å². The number of carbonyl (C=O) groups excluding carboxylic acids is 1. The molecule has 462 valence electrons. The first-order valence-electron chi connectivity index (χ1n) is 30.2. The summed E-state index contributed by atoms with van der Waals surface area (Å²) in [6, 6.07) is -1.00. The molecule has 0 aromatic heterocycles. The van der Waals surface area contributed by atoms with Gasteiger partial charge in [0.15, 0.2) is 18.9 Å². The van der Waals surface area contributed by atoms with E-state index < -0.39 is 124 Å². The maximum absolute atomic E-state index is 13.3. The van der Waals surface area contributed by atoms with Crippen LogP contribution >= 0.6 is 0 Å². The minimum Gasteiger partial charge on any atom is -0.394 e. The number of carbonyl (C=O) groups is 1. The number of amides is 1. The molecule has 0 aromatic rings. The topological polar surface area (TPSA) is 307 Å². The highest BCUT2D eigenvalue weighted by Gasteiger charge is 2.53. The number of hydrogen-bond donors (Lipinski definition) is 12. The third-order valence-electron chi connectivity index (χ3n) is 14.7. The number of allylic oxidation sites excluding steroid dienone is 11. The monoisotopic (exact) mass is 1140 g/mol. The second-order valence-corrected chi connectivity index (χ2v) is 21.4. The SMILES string of the molecule is CC/C=C\C/C=C\C/C=C\C/C=C\CCCCCCCCC(=O)NC(COC1OC(CO)C(OC2OC(CO)C(OC3OC(CO)C(O)C(O)C3O)C(O)C2O)C(O)C1O)C(O)/C=C/CC/C=C/CCCCCCCCCCCC. The Labute approximate surface area is 477 Å². The fourth-order valence-electron chi connectivity index (χ4n) is 9.78. The molecule has 0 saturated carbocycles. The van der Waals surface area contributed by atoms with Gasteiger partial charge < -0.3 is 89.9 Å². The Morgan fingerprint density at radius 3 is 1.40 bits per heavy atom. The first kappa shape index (κ1) is 71.5. The summed E-state index contributed by atoms with van der Waals surface area (Å²) >= 11 is 0. The Hall–Kier alpha value is -2.77. The van der Waals surface area contributed by atoms with Gasteiger partial charge >= 0.3 is 0 Å². The van der Waals surface area contributed by atoms with Crippen molar-refractivity contribution < 1.29 is 89.4 Å². The van der Waals surface area contributed by atoms with Gasteiger partial charge in [-0.15, -0.1) is 0 Å². The molecule has 3 aliphatic heterocycles. The van der Waals surface area contributed by atoms with Crippen molar-refractivity contribution in [1.82, 2.24) is 5.32 Å². The summed E-state index contributed by atoms with van der Waals surface area (Å²) in [6.07, 6.45) is 24.5. The van der Waals surface area contributed by atoms with E-state index in [2.05, 4.69) is 79.9 Å². The van der Waals surface area contributed by atoms with Gasteiger partial charge in [-0.2, -0.15) is 0 Å². The van der Waals surface area contributed by atoms with Crippen molar-refractivity contribution in [3.05, 3.63) is 72.9 Å². The summed E-state index contributed by atoms with van der Waals surface area (Å²) in [7, 11) is 0. The fraction of sp³-hybridized carbons (Fsp3) is 0.787. The van der Waals surface area contributed by atoms with E-state index >= 15 is 0 Å². The predicted octanol–water partition coefficient (Wildman–Crippen LogP) is 5.43. The van der Waals surface area contributed by atoms with E-state index in [1.165, 1.54) is 57.8 Å². The van der Waals surface area contributed by atoms with Crippen LogP contribution in [-0.2, 0) is 33.2 Å². The van der Waals surface area contributed by atoms with Crippen molar-refractivity contribution in [1.29, 1.82) is 0 Å². The van der Waals surface area contributed by atoms with Crippen LogP contribution in [0.1, 0.15) is 174 Å². The largest absolute Gasteiger partial charge is 0.394 e. The van der Waals surface area contributed by atoms with Gasteiger partial charge in [-0.25, -0.2) is 0 Å². The van der Waals surface area contributed by atoms with Crippen LogP contribution < -0.4 is 5.32 Å². The van der Waals surface area contributed by atoms with Crippen molar-refractivity contribution in [2.24, 2.45) is 0 Å². The van der Waals surface area contributed by atoms with Crippen molar-refractivity contribution in [2.75, 3.05) is 26.4 Å². The average molecular weight is 1140 g/mol. The van der Waals surface area contributed by atoms with E-state index in [0.29, 0.717) is 12.8 Å². The standard InChI is InChI=1S/C61H105NO18/c1-3-5-7-9-11-13-15-17-19-21-22-23-25-27-29-31-33-35-37-39-49(67)62-44(45(66)38-36-34-32-30-28-26-24-20-18-16-14-12-10-8-6-4-2)43-75-59-55(73)52(70)57(47(41-64)77-59)80-61-56(74)53(71)58(48(42-65)78-61)79-60-54(72)51(69)50(68)46(40-63)76-60/h5,7,11,13,17,19,22-23,28,30,36,38,44-48,50-61,63-66,68-74H,3-4,6,8-10,12,14-16,18,20-21,24-27,29,31-35,37,39-43H2,1-2H3,(H,62,67)/b7-5-,13-11-,19-17-,23-22-,30-28+,38-36+. The van der Waals surface area contributed by atoms with Crippen LogP contribution in [0.4, 0.5) is 0 Å². The zero-order chi connectivity index (χ0) is 58.3. The molecule has 0 spiro atoms. The molecule has 19 nitrogen and oxygen atoms in total. The van der Waals surface area contributed by atoms with Gasteiger partial charge in [0, 0.05) is 6.42 Å². The first-order chi connectivity index (χ1) is 38.8. The van der Waals surface area contributed by atoms with Gasteiger partial charge in [-0.3, -0.25) is 4.79 Å². The fourth-order valence-corrected chi connectivity index (χ4v) is 9.78. The third-order valence-corrected chi connectivity index (χ3v) is 14.7. The van der Waals surface area contributed by atoms with Crippen LogP contribution in [-0.4, -0.2) is 193 Å². The molecule has 3 aliphatic rings. The maximum atomic E-state index is 13.3. The van der Waals surface area contributed by atoms with Gasteiger partial charge in [0.2, 0.25) is 5.91 Å². The summed E-state index contributed by atoms with van der Waals surface area (Å²) in [5.74, 6) is -0.303. The van der Waals surface area contributed by atoms with Gasteiger partial charge in [-0.1, -0.05) is 170 Å². The zero-order valence-electron chi connectivity index (χ0n) is 48.0. The molecule has 3 heterocycles. The lowest BCUT2D eigenvalue weighted by Gasteiger charge is -2.48. The van der Waals surface area contributed by atoms with E-state index in [1.54, 1.807) is 6.08 Å². The minimum absolute atomic E-state index is 0.215. The predicted molar refractivity (Wildman–Crippen MR) is 305 cm³/mol. The second-order valence-electron chi connectivity index (χ2n) is 21.4. The number of ether oxygens (including phenoxy) is 6. The molecule has 17 atom stereocenters. The molecular weight excluding hydrogens is 1030 g/mol. The molecule has 17 unspecified atom stereocenters. The number of hydrogen-bond acceptors (Lipinski definition) is 18. The minimum atomic E-state index is -1.98. The van der Waals surface area contributed by atoms with Gasteiger partial charge in [0.25, 0.3) is 0 Å². The van der Waals surface area contributed by atoms with Gasteiger partial charge in [-0.05, 0) is 70.6 Å². The Morgan fingerprint density at radius 1 is 0.463 bits per heavy atom. The number of unbranched alkanes of at least 4 members (excludes halogenated alkanes) is 17. The van der Waals surface area contributed by atoms with Crippen LogP contribution in [0.3, 0.4) is 0 Å². The molecule has 3 saturated heterocycles. The van der Waals surface area contributed by atoms with Crippen LogP contribution in [0.15, 0.2) is 72.9 Å². The number of rotatable bonds is 43. The van der Waals surface area contributed by atoms with Crippen molar-refractivity contribution in [3.63, 3.8) is 0 Å². The normalized spacial score (nSPS) is 30.5. The van der Waals surface area contributed by atoms with Gasteiger partial charge in [0.1, 0.15) is 73.2 Å². The summed E-state index contributed by atoms with van der Waals surface area (Å²) in [5, 5.41) is 120. The van der Waals surface area contributed by atoms with E-state index in [9.17, 15) is 61.0 Å². The summed E-state index contributed by atoms with van der Waals surface area (Å²) in [6.45, 7) is 1.56. The Morgan fingerprint density at radius 2 is 0.875 bits per heavy atom. The lowest BCUT2D eigenvalue weighted by molar-refractivity contribution is -0.379. The molecule has 1 amide bonds. The van der Waals surface area contributed by atoms with Crippen molar-refractivity contribution in [2.45, 2.75) is 279 Å².